The molecule has 0 radical (unpaired) electrons. The summed E-state index contributed by atoms with van der Waals surface area (Å²) in [5, 5.41) is 8.69. The minimum Gasteiger partial charge on any atom is -0.497 e. The fraction of sp³-hybridized carbons (Fsp3) is 0.438. The van der Waals surface area contributed by atoms with Crippen LogP contribution >= 0.6 is 11.6 Å². The molecule has 0 aliphatic rings. The molecule has 1 aromatic carbocycles. The molecular weight excluding hydrogens is 286 g/mol. The number of halogens is 1. The molecule has 0 aliphatic carbocycles. The van der Waals surface area contributed by atoms with Crippen LogP contribution in [0.2, 0.25) is 5.02 Å². The fourth-order valence-corrected chi connectivity index (χ4v) is 2.63. The van der Waals surface area contributed by atoms with E-state index in [0.29, 0.717) is 6.54 Å². The molecule has 1 atom stereocenters. The summed E-state index contributed by atoms with van der Waals surface area (Å²) in [6.07, 6.45) is 0.848. The predicted molar refractivity (Wildman–Crippen MR) is 85.8 cm³/mol. The molecule has 0 fully saturated rings. The van der Waals surface area contributed by atoms with Crippen molar-refractivity contribution in [2.75, 3.05) is 7.11 Å². The summed E-state index contributed by atoms with van der Waals surface area (Å²) < 4.78 is 7.03. The molecule has 1 N–H and O–H groups in total. The van der Waals surface area contributed by atoms with Crippen molar-refractivity contribution in [3.05, 3.63) is 46.2 Å². The number of nitrogens with one attached hydrogen (secondary N) is 1. The topological polar surface area (TPSA) is 39.1 Å². The third-order valence-electron chi connectivity index (χ3n) is 3.69. The summed E-state index contributed by atoms with van der Waals surface area (Å²) in [7, 11) is 3.60. The van der Waals surface area contributed by atoms with E-state index < -0.39 is 0 Å². The van der Waals surface area contributed by atoms with Gasteiger partial charge in [-0.3, -0.25) is 4.68 Å². The van der Waals surface area contributed by atoms with Gasteiger partial charge in [0.1, 0.15) is 5.75 Å². The van der Waals surface area contributed by atoms with E-state index in [1.54, 1.807) is 7.11 Å². The quantitative estimate of drug-likeness (QED) is 0.888. The largest absolute Gasteiger partial charge is 0.497 e. The Hall–Kier alpha value is -1.52. The molecule has 4 nitrogen and oxygen atoms in total. The Morgan fingerprint density at radius 1 is 1.33 bits per heavy atom. The molecule has 114 valence electrons. The van der Waals surface area contributed by atoms with Gasteiger partial charge in [-0.2, -0.15) is 5.10 Å². The lowest BCUT2D eigenvalue weighted by atomic mass is 10.1. The Labute approximate surface area is 131 Å². The highest BCUT2D eigenvalue weighted by atomic mass is 35.5. The van der Waals surface area contributed by atoms with Crippen molar-refractivity contribution >= 4 is 11.6 Å². The Morgan fingerprint density at radius 2 is 2.00 bits per heavy atom. The van der Waals surface area contributed by atoms with Crippen molar-refractivity contribution in [3.63, 3.8) is 0 Å². The first-order valence-corrected chi connectivity index (χ1v) is 7.52. The first kappa shape index (κ1) is 15.9. The first-order chi connectivity index (χ1) is 10.1. The van der Waals surface area contributed by atoms with Gasteiger partial charge in [-0.1, -0.05) is 30.7 Å². The van der Waals surface area contributed by atoms with E-state index >= 15 is 0 Å². The zero-order chi connectivity index (χ0) is 15.4. The molecule has 1 heterocycles. The molecule has 0 spiro atoms. The Bertz CT molecular complexity index is 592. The monoisotopic (exact) mass is 307 g/mol. The molecule has 1 aromatic heterocycles. The molecule has 0 aliphatic heterocycles. The van der Waals surface area contributed by atoms with Crippen LogP contribution in [0.15, 0.2) is 24.3 Å². The number of benzene rings is 1. The average molecular weight is 308 g/mol. The zero-order valence-electron chi connectivity index (χ0n) is 13.0. The molecular formula is C16H22ClN3O. The lowest BCUT2D eigenvalue weighted by molar-refractivity contribution is 0.414. The smallest absolute Gasteiger partial charge is 0.118 e. The van der Waals surface area contributed by atoms with Crippen LogP contribution in [-0.2, 0) is 20.0 Å². The van der Waals surface area contributed by atoms with Gasteiger partial charge in [0, 0.05) is 19.6 Å². The number of hydrogen-bond acceptors (Lipinski definition) is 3. The number of aromatic nitrogens is 2. The van der Waals surface area contributed by atoms with Gasteiger partial charge in [-0.05, 0) is 31.0 Å². The third kappa shape index (κ3) is 3.57. The highest BCUT2D eigenvalue weighted by Gasteiger charge is 2.14. The Balaban J connectivity index is 2.03. The van der Waals surface area contributed by atoms with Crippen LogP contribution in [0.3, 0.4) is 0 Å². The minimum atomic E-state index is 0.229. The predicted octanol–water partition coefficient (Wildman–Crippen LogP) is 3.50. The summed E-state index contributed by atoms with van der Waals surface area (Å²) in [6.45, 7) is 4.88. The molecule has 0 amide bonds. The van der Waals surface area contributed by atoms with Crippen molar-refractivity contribution in [2.45, 2.75) is 32.9 Å². The second-order valence-corrected chi connectivity index (χ2v) is 5.44. The fourth-order valence-electron chi connectivity index (χ4n) is 2.27. The van der Waals surface area contributed by atoms with E-state index in [1.165, 1.54) is 5.56 Å². The van der Waals surface area contributed by atoms with Gasteiger partial charge in [0.05, 0.1) is 23.5 Å². The van der Waals surface area contributed by atoms with Crippen molar-refractivity contribution in [3.8, 4) is 5.75 Å². The van der Waals surface area contributed by atoms with Gasteiger partial charge < -0.3 is 10.1 Å². The number of aryl methyl sites for hydroxylation is 2. The summed E-state index contributed by atoms with van der Waals surface area (Å²) >= 11 is 6.36. The lowest BCUT2D eigenvalue weighted by Crippen LogP contribution is -2.20. The molecule has 5 heteroatoms. The molecule has 0 saturated heterocycles. The normalized spacial score (nSPS) is 12.4. The van der Waals surface area contributed by atoms with Crippen molar-refractivity contribution in [1.82, 2.24) is 15.1 Å². The van der Waals surface area contributed by atoms with Gasteiger partial charge in [0.2, 0.25) is 0 Å². The molecule has 0 bridgehead atoms. The number of rotatable bonds is 6. The van der Waals surface area contributed by atoms with Crippen molar-refractivity contribution < 1.29 is 4.74 Å². The first-order valence-electron chi connectivity index (χ1n) is 7.14. The number of hydrogen-bond donors (Lipinski definition) is 1. The summed E-state index contributed by atoms with van der Waals surface area (Å²) in [6, 6.07) is 8.31. The highest BCUT2D eigenvalue weighted by Crippen LogP contribution is 2.22. The third-order valence-corrected chi connectivity index (χ3v) is 4.13. The maximum atomic E-state index is 6.36. The van der Waals surface area contributed by atoms with E-state index in [0.717, 1.165) is 28.6 Å². The minimum absolute atomic E-state index is 0.229. The average Bonchev–Trinajstić information content (AvgIpc) is 2.79. The van der Waals surface area contributed by atoms with Gasteiger partial charge in [-0.25, -0.2) is 0 Å². The van der Waals surface area contributed by atoms with E-state index in [1.807, 2.05) is 23.9 Å². The van der Waals surface area contributed by atoms with E-state index in [-0.39, 0.29) is 6.04 Å². The Morgan fingerprint density at radius 3 is 2.52 bits per heavy atom. The van der Waals surface area contributed by atoms with Crippen LogP contribution in [0, 0.1) is 0 Å². The second kappa shape index (κ2) is 6.96. The van der Waals surface area contributed by atoms with Gasteiger partial charge in [0.25, 0.3) is 0 Å². The SMILES string of the molecule is CCc1nn(C)c(CN[C@@H](C)c2ccc(OC)cc2)c1Cl. The van der Waals surface area contributed by atoms with Crippen LogP contribution in [0.1, 0.15) is 36.8 Å². The zero-order valence-corrected chi connectivity index (χ0v) is 13.7. The molecule has 2 rings (SSSR count). The second-order valence-electron chi connectivity index (χ2n) is 5.06. The number of methoxy groups -OCH3 is 1. The summed E-state index contributed by atoms with van der Waals surface area (Å²) in [5.41, 5.74) is 3.19. The van der Waals surface area contributed by atoms with Gasteiger partial charge in [-0.15, -0.1) is 0 Å². The summed E-state index contributed by atoms with van der Waals surface area (Å²) in [5.74, 6) is 0.869. The molecule has 2 aromatic rings. The molecule has 0 unspecified atom stereocenters. The van der Waals surface area contributed by atoms with Crippen LogP contribution in [0.5, 0.6) is 5.75 Å². The van der Waals surface area contributed by atoms with E-state index in [2.05, 4.69) is 36.4 Å². The van der Waals surface area contributed by atoms with E-state index in [4.69, 9.17) is 16.3 Å². The summed E-state index contributed by atoms with van der Waals surface area (Å²) in [4.78, 5) is 0. The van der Waals surface area contributed by atoms with Crippen LogP contribution in [0.4, 0.5) is 0 Å². The number of nitrogens with zero attached hydrogens (tertiary/aromatic N) is 2. The molecule has 21 heavy (non-hydrogen) atoms. The van der Waals surface area contributed by atoms with E-state index in [9.17, 15) is 0 Å². The lowest BCUT2D eigenvalue weighted by Gasteiger charge is -2.15. The van der Waals surface area contributed by atoms with Crippen LogP contribution < -0.4 is 10.1 Å². The van der Waals surface area contributed by atoms with Gasteiger partial charge in [0.15, 0.2) is 0 Å². The van der Waals surface area contributed by atoms with Crippen LogP contribution in [0.25, 0.3) is 0 Å². The Kier molecular flexibility index (Phi) is 5.26. The van der Waals surface area contributed by atoms with Crippen molar-refractivity contribution in [2.24, 2.45) is 7.05 Å². The van der Waals surface area contributed by atoms with Crippen molar-refractivity contribution in [1.29, 1.82) is 0 Å². The molecule has 0 saturated carbocycles. The van der Waals surface area contributed by atoms with Gasteiger partial charge >= 0.3 is 0 Å². The standard InChI is InChI=1S/C16H22ClN3O/c1-5-14-16(17)15(20(3)19-14)10-18-11(2)12-6-8-13(21-4)9-7-12/h6-9,11,18H,5,10H2,1-4H3/t11-/m0/s1. The maximum absolute atomic E-state index is 6.36. The van der Waals surface area contributed by atoms with Crippen LogP contribution in [-0.4, -0.2) is 16.9 Å². The maximum Gasteiger partial charge on any atom is 0.118 e. The highest BCUT2D eigenvalue weighted by molar-refractivity contribution is 6.31. The number of ether oxygens (including phenoxy) is 1.